The lowest BCUT2D eigenvalue weighted by Gasteiger charge is -2.33. The van der Waals surface area contributed by atoms with Gasteiger partial charge in [-0.1, -0.05) is 72.8 Å². The summed E-state index contributed by atoms with van der Waals surface area (Å²) < 4.78 is 5.91. The Bertz CT molecular complexity index is 921. The molecule has 0 bridgehead atoms. The van der Waals surface area contributed by atoms with Crippen molar-refractivity contribution >= 4 is 16.7 Å². The average molecular weight is 374 g/mol. The Kier molecular flexibility index (Phi) is 6.00. The fourth-order valence-corrected chi connectivity index (χ4v) is 3.81. The van der Waals surface area contributed by atoms with Gasteiger partial charge in [-0.25, -0.2) is 0 Å². The van der Waals surface area contributed by atoms with Gasteiger partial charge in [0.2, 0.25) is 5.91 Å². The first kappa shape index (κ1) is 18.7. The topological polar surface area (TPSA) is 41.6 Å². The van der Waals surface area contributed by atoms with Crippen LogP contribution in [0.1, 0.15) is 17.2 Å². The number of carbonyl (C=O) groups excluding carboxylic acids is 1. The summed E-state index contributed by atoms with van der Waals surface area (Å²) in [4.78, 5) is 14.8. The van der Waals surface area contributed by atoms with Crippen molar-refractivity contribution < 1.29 is 9.53 Å². The van der Waals surface area contributed by atoms with E-state index in [-0.39, 0.29) is 12.0 Å². The minimum absolute atomic E-state index is 0.0734. The van der Waals surface area contributed by atoms with Crippen molar-refractivity contribution in [1.82, 2.24) is 10.2 Å². The van der Waals surface area contributed by atoms with Crippen molar-refractivity contribution in [1.29, 1.82) is 0 Å². The molecule has 0 spiro atoms. The van der Waals surface area contributed by atoms with Gasteiger partial charge in [0.15, 0.2) is 0 Å². The first-order chi connectivity index (χ1) is 13.8. The second-order valence-corrected chi connectivity index (χ2v) is 7.24. The molecule has 3 aromatic carbocycles. The number of nitrogens with zero attached hydrogens (tertiary/aromatic N) is 1. The molecule has 1 saturated heterocycles. The Labute approximate surface area is 166 Å². The summed E-state index contributed by atoms with van der Waals surface area (Å²) in [6.45, 7) is 3.99. The van der Waals surface area contributed by atoms with Gasteiger partial charge in [-0.2, -0.15) is 0 Å². The van der Waals surface area contributed by atoms with Crippen LogP contribution in [0.5, 0.6) is 0 Å². The predicted octanol–water partition coefficient (Wildman–Crippen LogP) is 3.57. The number of fused-ring (bicyclic) bond motifs is 1. The van der Waals surface area contributed by atoms with E-state index in [2.05, 4.69) is 40.5 Å². The first-order valence-electron chi connectivity index (χ1n) is 9.92. The number of carbonyl (C=O) groups is 1. The van der Waals surface area contributed by atoms with Gasteiger partial charge >= 0.3 is 0 Å². The monoisotopic (exact) mass is 374 g/mol. The molecule has 1 unspecified atom stereocenters. The highest BCUT2D eigenvalue weighted by Gasteiger charge is 2.21. The molecular formula is C24H26N2O2. The lowest BCUT2D eigenvalue weighted by Crippen LogP contribution is -2.42. The molecule has 28 heavy (non-hydrogen) atoms. The molecule has 1 N–H and O–H groups in total. The molecule has 1 atom stereocenters. The quantitative estimate of drug-likeness (QED) is 0.717. The van der Waals surface area contributed by atoms with E-state index in [0.29, 0.717) is 13.0 Å². The maximum atomic E-state index is 12.4. The van der Waals surface area contributed by atoms with Crippen LogP contribution in [0.4, 0.5) is 0 Å². The SMILES string of the molecule is O=C(Cc1cccc2ccccc12)NCCN1CCOC(c2ccccc2)C1. The van der Waals surface area contributed by atoms with Crippen molar-refractivity contribution in [3.8, 4) is 0 Å². The highest BCUT2D eigenvalue weighted by Crippen LogP contribution is 2.21. The van der Waals surface area contributed by atoms with Gasteiger partial charge in [0.05, 0.1) is 19.1 Å². The lowest BCUT2D eigenvalue weighted by atomic mass is 10.0. The van der Waals surface area contributed by atoms with Gasteiger partial charge in [0.25, 0.3) is 0 Å². The van der Waals surface area contributed by atoms with Crippen LogP contribution in [0.15, 0.2) is 72.8 Å². The minimum atomic E-state index is 0.0734. The molecule has 1 aliphatic rings. The molecule has 1 amide bonds. The molecule has 1 fully saturated rings. The molecule has 0 aromatic heterocycles. The molecule has 0 saturated carbocycles. The normalized spacial score (nSPS) is 17.5. The summed E-state index contributed by atoms with van der Waals surface area (Å²) in [7, 11) is 0. The van der Waals surface area contributed by atoms with E-state index in [0.717, 1.165) is 37.2 Å². The van der Waals surface area contributed by atoms with Gasteiger partial charge in [-0.15, -0.1) is 0 Å². The van der Waals surface area contributed by atoms with E-state index in [1.807, 2.05) is 42.5 Å². The van der Waals surface area contributed by atoms with Crippen molar-refractivity contribution in [2.24, 2.45) is 0 Å². The maximum absolute atomic E-state index is 12.4. The zero-order chi connectivity index (χ0) is 19.2. The summed E-state index contributed by atoms with van der Waals surface area (Å²) in [6, 6.07) is 24.7. The Morgan fingerprint density at radius 1 is 1.00 bits per heavy atom. The van der Waals surface area contributed by atoms with E-state index in [9.17, 15) is 4.79 Å². The number of nitrogens with one attached hydrogen (secondary N) is 1. The van der Waals surface area contributed by atoms with E-state index >= 15 is 0 Å². The molecule has 0 radical (unpaired) electrons. The fraction of sp³-hybridized carbons (Fsp3) is 0.292. The lowest BCUT2D eigenvalue weighted by molar-refractivity contribution is -0.120. The van der Waals surface area contributed by atoms with Crippen molar-refractivity contribution in [2.45, 2.75) is 12.5 Å². The van der Waals surface area contributed by atoms with Crippen LogP contribution < -0.4 is 5.32 Å². The smallest absolute Gasteiger partial charge is 0.224 e. The highest BCUT2D eigenvalue weighted by molar-refractivity contribution is 5.90. The van der Waals surface area contributed by atoms with Crippen LogP contribution >= 0.6 is 0 Å². The van der Waals surface area contributed by atoms with Crippen molar-refractivity contribution in [2.75, 3.05) is 32.8 Å². The molecular weight excluding hydrogens is 348 g/mol. The maximum Gasteiger partial charge on any atom is 0.224 e. The van der Waals surface area contributed by atoms with Crippen LogP contribution in [-0.4, -0.2) is 43.6 Å². The standard InChI is InChI=1S/C24H26N2O2/c27-24(17-21-11-6-10-19-7-4-5-12-22(19)21)25-13-14-26-15-16-28-23(18-26)20-8-2-1-3-9-20/h1-12,23H,13-18H2,(H,25,27). The number of morpholine rings is 1. The third-order valence-electron chi connectivity index (χ3n) is 5.30. The van der Waals surface area contributed by atoms with Gasteiger partial charge in [-0.3, -0.25) is 9.69 Å². The molecule has 4 nitrogen and oxygen atoms in total. The van der Waals surface area contributed by atoms with E-state index in [1.54, 1.807) is 0 Å². The average Bonchev–Trinajstić information content (AvgIpc) is 2.75. The Morgan fingerprint density at radius 3 is 2.68 bits per heavy atom. The number of rotatable bonds is 6. The van der Waals surface area contributed by atoms with Crippen LogP contribution in [0.2, 0.25) is 0 Å². The van der Waals surface area contributed by atoms with E-state index in [1.165, 1.54) is 10.9 Å². The largest absolute Gasteiger partial charge is 0.371 e. The molecule has 1 aliphatic heterocycles. The molecule has 144 valence electrons. The summed E-state index contributed by atoms with van der Waals surface area (Å²) in [5.74, 6) is 0.0734. The highest BCUT2D eigenvalue weighted by atomic mass is 16.5. The predicted molar refractivity (Wildman–Crippen MR) is 112 cm³/mol. The van der Waals surface area contributed by atoms with Crippen molar-refractivity contribution in [3.05, 3.63) is 83.9 Å². The molecule has 1 heterocycles. The molecule has 0 aliphatic carbocycles. The van der Waals surface area contributed by atoms with Crippen LogP contribution in [0.3, 0.4) is 0 Å². The number of benzene rings is 3. The van der Waals surface area contributed by atoms with Gasteiger partial charge in [0.1, 0.15) is 0 Å². The van der Waals surface area contributed by atoms with Crippen LogP contribution in [0.25, 0.3) is 10.8 Å². The second kappa shape index (κ2) is 9.00. The Morgan fingerprint density at radius 2 is 1.79 bits per heavy atom. The second-order valence-electron chi connectivity index (χ2n) is 7.24. The van der Waals surface area contributed by atoms with Crippen molar-refractivity contribution in [3.63, 3.8) is 0 Å². The fourth-order valence-electron chi connectivity index (χ4n) is 3.81. The summed E-state index contributed by atoms with van der Waals surface area (Å²) in [6.07, 6.45) is 0.526. The van der Waals surface area contributed by atoms with Gasteiger partial charge in [-0.05, 0) is 21.9 Å². The van der Waals surface area contributed by atoms with Crippen LogP contribution in [-0.2, 0) is 16.0 Å². The zero-order valence-corrected chi connectivity index (χ0v) is 16.0. The third-order valence-corrected chi connectivity index (χ3v) is 5.30. The molecule has 4 heteroatoms. The zero-order valence-electron chi connectivity index (χ0n) is 16.0. The molecule has 4 rings (SSSR count). The minimum Gasteiger partial charge on any atom is -0.371 e. The van der Waals surface area contributed by atoms with E-state index < -0.39 is 0 Å². The van der Waals surface area contributed by atoms with Crippen LogP contribution in [0, 0.1) is 0 Å². The number of hydrogen-bond donors (Lipinski definition) is 1. The third kappa shape index (κ3) is 4.58. The Balaban J connectivity index is 1.27. The Hall–Kier alpha value is -2.69. The van der Waals surface area contributed by atoms with Gasteiger partial charge < -0.3 is 10.1 Å². The first-order valence-corrected chi connectivity index (χ1v) is 9.92. The summed E-state index contributed by atoms with van der Waals surface area (Å²) >= 11 is 0. The van der Waals surface area contributed by atoms with Gasteiger partial charge in [0, 0.05) is 26.2 Å². The molecule has 3 aromatic rings. The number of hydrogen-bond acceptors (Lipinski definition) is 3. The number of ether oxygens (including phenoxy) is 1. The van der Waals surface area contributed by atoms with E-state index in [4.69, 9.17) is 4.74 Å². The summed E-state index contributed by atoms with van der Waals surface area (Å²) in [5.41, 5.74) is 2.29. The summed E-state index contributed by atoms with van der Waals surface area (Å²) in [5, 5.41) is 5.40. The number of amides is 1.